The molecule has 3 heterocycles. The molecule has 0 aliphatic carbocycles. The van der Waals surface area contributed by atoms with Gasteiger partial charge in [0.05, 0.1) is 6.10 Å². The largest absolute Gasteiger partial charge is 0.390 e. The van der Waals surface area contributed by atoms with Crippen molar-refractivity contribution in [2.24, 2.45) is 0 Å². The van der Waals surface area contributed by atoms with Crippen molar-refractivity contribution in [2.75, 3.05) is 64.3 Å². The van der Waals surface area contributed by atoms with E-state index in [0.29, 0.717) is 19.6 Å². The van der Waals surface area contributed by atoms with E-state index in [1.54, 1.807) is 0 Å². The summed E-state index contributed by atoms with van der Waals surface area (Å²) in [5, 5.41) is 10.8. The molecule has 1 fully saturated rings. The molecule has 0 radical (unpaired) electrons. The van der Waals surface area contributed by atoms with Crippen molar-refractivity contribution in [3.63, 3.8) is 0 Å². The lowest BCUT2D eigenvalue weighted by Gasteiger charge is -2.36. The number of likely N-dealkylation sites (N-methyl/N-ethyl adjacent to an activating group) is 1. The highest BCUT2D eigenvalue weighted by Gasteiger charge is 2.28. The van der Waals surface area contributed by atoms with Gasteiger partial charge in [-0.15, -0.1) is 0 Å². The molecular formula is C26H34N4O2. The molecule has 0 saturated carbocycles. The second kappa shape index (κ2) is 9.22. The second-order valence-corrected chi connectivity index (χ2v) is 9.54. The Hall–Kier alpha value is -2.41. The van der Waals surface area contributed by atoms with E-state index >= 15 is 0 Å². The van der Waals surface area contributed by atoms with Gasteiger partial charge >= 0.3 is 0 Å². The SMILES string of the molecule is CN1CCN(c2ccc3c(c2)CCN(C[C@H](O)CN2CCc4ccccc4C2)C3=O)CC1. The van der Waals surface area contributed by atoms with E-state index < -0.39 is 6.10 Å². The fourth-order valence-electron chi connectivity index (χ4n) is 5.28. The lowest BCUT2D eigenvalue weighted by molar-refractivity contribution is 0.0493. The first-order chi connectivity index (χ1) is 15.6. The van der Waals surface area contributed by atoms with Crippen molar-refractivity contribution in [3.05, 3.63) is 64.7 Å². The number of fused-ring (bicyclic) bond motifs is 2. The molecule has 0 bridgehead atoms. The Kier molecular flexibility index (Phi) is 6.17. The van der Waals surface area contributed by atoms with Crippen molar-refractivity contribution in [1.82, 2.24) is 14.7 Å². The quantitative estimate of drug-likeness (QED) is 0.779. The van der Waals surface area contributed by atoms with Crippen molar-refractivity contribution >= 4 is 11.6 Å². The van der Waals surface area contributed by atoms with Gasteiger partial charge < -0.3 is 19.8 Å². The third-order valence-corrected chi connectivity index (χ3v) is 7.24. The zero-order valence-electron chi connectivity index (χ0n) is 19.0. The Morgan fingerprint density at radius 2 is 1.62 bits per heavy atom. The van der Waals surface area contributed by atoms with Gasteiger partial charge in [-0.2, -0.15) is 0 Å². The van der Waals surface area contributed by atoms with Crippen LogP contribution < -0.4 is 4.90 Å². The number of aliphatic hydroxyl groups is 1. The Bertz CT molecular complexity index is 970. The monoisotopic (exact) mass is 434 g/mol. The third-order valence-electron chi connectivity index (χ3n) is 7.24. The molecule has 0 aromatic heterocycles. The van der Waals surface area contributed by atoms with Crippen LogP contribution in [0.3, 0.4) is 0 Å². The second-order valence-electron chi connectivity index (χ2n) is 9.54. The number of hydrogen-bond acceptors (Lipinski definition) is 5. The lowest BCUT2D eigenvalue weighted by Crippen LogP contribution is -2.46. The van der Waals surface area contributed by atoms with E-state index in [-0.39, 0.29) is 5.91 Å². The summed E-state index contributed by atoms with van der Waals surface area (Å²) in [7, 11) is 2.16. The summed E-state index contributed by atoms with van der Waals surface area (Å²) < 4.78 is 0. The number of rotatable bonds is 5. The van der Waals surface area contributed by atoms with Crippen LogP contribution in [0.4, 0.5) is 5.69 Å². The Morgan fingerprint density at radius 3 is 2.44 bits per heavy atom. The van der Waals surface area contributed by atoms with Crippen LogP contribution in [0.15, 0.2) is 42.5 Å². The molecule has 0 unspecified atom stereocenters. The van der Waals surface area contributed by atoms with Crippen LogP contribution in [0.1, 0.15) is 27.0 Å². The molecule has 1 atom stereocenters. The Labute approximate surface area is 191 Å². The lowest BCUT2D eigenvalue weighted by atomic mass is 9.97. The number of amides is 1. The number of anilines is 1. The fraction of sp³-hybridized carbons (Fsp3) is 0.500. The predicted octanol–water partition coefficient (Wildman–Crippen LogP) is 1.86. The number of nitrogens with zero attached hydrogens (tertiary/aromatic N) is 4. The van der Waals surface area contributed by atoms with Crippen LogP contribution in [-0.2, 0) is 19.4 Å². The number of aliphatic hydroxyl groups excluding tert-OH is 1. The molecule has 6 heteroatoms. The zero-order chi connectivity index (χ0) is 22.1. The van der Waals surface area contributed by atoms with Crippen molar-refractivity contribution < 1.29 is 9.90 Å². The maximum absolute atomic E-state index is 13.1. The minimum atomic E-state index is -0.532. The smallest absolute Gasteiger partial charge is 0.254 e. The topological polar surface area (TPSA) is 50.3 Å². The first-order valence-corrected chi connectivity index (χ1v) is 11.9. The fourth-order valence-corrected chi connectivity index (χ4v) is 5.28. The van der Waals surface area contributed by atoms with Crippen molar-refractivity contribution in [1.29, 1.82) is 0 Å². The number of β-amino-alcohol motifs (C(OH)–C–C–N with tert-alkyl or cyclic N) is 1. The maximum atomic E-state index is 13.1. The first-order valence-electron chi connectivity index (χ1n) is 11.9. The molecule has 1 saturated heterocycles. The van der Waals surface area contributed by atoms with Gasteiger partial charge in [0.2, 0.25) is 0 Å². The van der Waals surface area contributed by atoms with Crippen molar-refractivity contribution in [3.8, 4) is 0 Å². The molecule has 6 nitrogen and oxygen atoms in total. The van der Waals surface area contributed by atoms with Crippen LogP contribution in [-0.4, -0.2) is 91.2 Å². The van der Waals surface area contributed by atoms with Gasteiger partial charge in [-0.05, 0) is 54.8 Å². The summed E-state index contributed by atoms with van der Waals surface area (Å²) >= 11 is 0. The van der Waals surface area contributed by atoms with E-state index in [4.69, 9.17) is 0 Å². The third kappa shape index (κ3) is 4.53. The number of carbonyl (C=O) groups excluding carboxylic acids is 1. The van der Waals surface area contributed by atoms with Gasteiger partial charge in [0.25, 0.3) is 5.91 Å². The van der Waals surface area contributed by atoms with E-state index in [1.807, 2.05) is 11.0 Å². The minimum Gasteiger partial charge on any atom is -0.390 e. The van der Waals surface area contributed by atoms with Crippen LogP contribution >= 0.6 is 0 Å². The number of hydrogen-bond donors (Lipinski definition) is 1. The van der Waals surface area contributed by atoms with Gasteiger partial charge in [0.1, 0.15) is 0 Å². The summed E-state index contributed by atoms with van der Waals surface area (Å²) in [6, 6.07) is 14.8. The van der Waals surface area contributed by atoms with Gasteiger partial charge in [0, 0.05) is 70.2 Å². The van der Waals surface area contributed by atoms with E-state index in [0.717, 1.165) is 63.2 Å². The minimum absolute atomic E-state index is 0.0548. The summed E-state index contributed by atoms with van der Waals surface area (Å²) in [5.41, 5.74) is 5.93. The molecule has 5 rings (SSSR count). The van der Waals surface area contributed by atoms with Gasteiger partial charge in [-0.1, -0.05) is 24.3 Å². The average Bonchev–Trinajstić information content (AvgIpc) is 2.81. The number of benzene rings is 2. The summed E-state index contributed by atoms with van der Waals surface area (Å²) in [5.74, 6) is 0.0548. The first kappa shape index (κ1) is 21.4. The number of carbonyl (C=O) groups is 1. The highest BCUT2D eigenvalue weighted by Crippen LogP contribution is 2.26. The molecule has 2 aromatic rings. The van der Waals surface area contributed by atoms with E-state index in [9.17, 15) is 9.90 Å². The highest BCUT2D eigenvalue weighted by atomic mass is 16.3. The molecule has 1 N–H and O–H groups in total. The molecule has 3 aliphatic heterocycles. The van der Waals surface area contributed by atoms with E-state index in [1.165, 1.54) is 16.8 Å². The summed E-state index contributed by atoms with van der Waals surface area (Å²) in [6.45, 7) is 7.72. The van der Waals surface area contributed by atoms with Gasteiger partial charge in [-0.3, -0.25) is 9.69 Å². The van der Waals surface area contributed by atoms with Crippen LogP contribution in [0, 0.1) is 0 Å². The average molecular weight is 435 g/mol. The van der Waals surface area contributed by atoms with Crippen LogP contribution in [0.5, 0.6) is 0 Å². The van der Waals surface area contributed by atoms with E-state index in [2.05, 4.69) is 58.1 Å². The van der Waals surface area contributed by atoms with Crippen LogP contribution in [0.25, 0.3) is 0 Å². The highest BCUT2D eigenvalue weighted by molar-refractivity contribution is 5.97. The summed E-state index contributed by atoms with van der Waals surface area (Å²) in [4.78, 5) is 22.0. The predicted molar refractivity (Wildman–Crippen MR) is 127 cm³/mol. The van der Waals surface area contributed by atoms with Gasteiger partial charge in [-0.25, -0.2) is 0 Å². The molecule has 2 aromatic carbocycles. The molecule has 170 valence electrons. The zero-order valence-corrected chi connectivity index (χ0v) is 19.0. The molecular weight excluding hydrogens is 400 g/mol. The normalized spacial score (nSPS) is 20.8. The number of piperazine rings is 1. The molecule has 1 amide bonds. The standard InChI is InChI=1S/C26H34N4O2/c1-27-12-14-29(15-13-27)23-6-7-25-21(16-23)9-11-30(26(25)32)19-24(31)18-28-10-8-20-4-2-3-5-22(20)17-28/h2-7,16,24,31H,8-15,17-19H2,1H3/t24-/m1/s1. The van der Waals surface area contributed by atoms with Crippen molar-refractivity contribution in [2.45, 2.75) is 25.5 Å². The maximum Gasteiger partial charge on any atom is 0.254 e. The molecule has 3 aliphatic rings. The summed E-state index contributed by atoms with van der Waals surface area (Å²) in [6.07, 6.45) is 1.34. The van der Waals surface area contributed by atoms with Gasteiger partial charge in [0.15, 0.2) is 0 Å². The van der Waals surface area contributed by atoms with Crippen LogP contribution in [0.2, 0.25) is 0 Å². The molecule has 32 heavy (non-hydrogen) atoms. The Balaban J connectivity index is 1.18. The Morgan fingerprint density at radius 1 is 0.875 bits per heavy atom. The molecule has 0 spiro atoms.